The molecule has 0 amide bonds. The summed E-state index contributed by atoms with van der Waals surface area (Å²) in [5.41, 5.74) is 5.92. The number of hydrogen-bond acceptors (Lipinski definition) is 4. The molecule has 1 aliphatic heterocycles. The van der Waals surface area contributed by atoms with Gasteiger partial charge in [0.2, 0.25) is 0 Å². The summed E-state index contributed by atoms with van der Waals surface area (Å²) in [6.07, 6.45) is 2.71. The second-order valence-corrected chi connectivity index (χ2v) is 5.41. The summed E-state index contributed by atoms with van der Waals surface area (Å²) in [6, 6.07) is 0. The molecule has 2 N–H and O–H groups in total. The standard InChI is InChI=1S/C13H28N2O2/c1-11(2)13(9-14,10-16-4)15(3)8-12-6-5-7-17-12/h11-12H,5-10,14H2,1-4H3. The molecule has 1 fully saturated rings. The molecule has 0 aromatic carbocycles. The average molecular weight is 244 g/mol. The van der Waals surface area contributed by atoms with Gasteiger partial charge in [0.05, 0.1) is 18.2 Å². The Morgan fingerprint density at radius 3 is 2.65 bits per heavy atom. The predicted molar refractivity (Wildman–Crippen MR) is 70.1 cm³/mol. The number of hydrogen-bond donors (Lipinski definition) is 1. The van der Waals surface area contributed by atoms with Crippen molar-refractivity contribution >= 4 is 0 Å². The van der Waals surface area contributed by atoms with Gasteiger partial charge in [0, 0.05) is 26.8 Å². The lowest BCUT2D eigenvalue weighted by Crippen LogP contribution is -2.60. The van der Waals surface area contributed by atoms with E-state index in [4.69, 9.17) is 15.2 Å². The monoisotopic (exact) mass is 244 g/mol. The third kappa shape index (κ3) is 3.41. The van der Waals surface area contributed by atoms with Crippen LogP contribution in [0.2, 0.25) is 0 Å². The first-order valence-corrected chi connectivity index (χ1v) is 6.58. The van der Waals surface area contributed by atoms with Gasteiger partial charge in [-0.25, -0.2) is 0 Å². The number of rotatable bonds is 7. The SMILES string of the molecule is COCC(CN)(C(C)C)N(C)CC1CCCO1. The molecule has 102 valence electrons. The summed E-state index contributed by atoms with van der Waals surface area (Å²) in [7, 11) is 3.88. The second-order valence-electron chi connectivity index (χ2n) is 5.41. The molecule has 0 bridgehead atoms. The Kier molecular flexibility index (Phi) is 5.86. The predicted octanol–water partition coefficient (Wildman–Crippen LogP) is 1.10. The van der Waals surface area contributed by atoms with Gasteiger partial charge in [0.25, 0.3) is 0 Å². The molecule has 2 unspecified atom stereocenters. The maximum absolute atomic E-state index is 6.01. The highest BCUT2D eigenvalue weighted by atomic mass is 16.5. The molecule has 0 aromatic heterocycles. The molecule has 1 aliphatic rings. The van der Waals surface area contributed by atoms with Gasteiger partial charge in [-0.2, -0.15) is 0 Å². The fourth-order valence-electron chi connectivity index (χ4n) is 2.69. The summed E-state index contributed by atoms with van der Waals surface area (Å²) >= 11 is 0. The molecule has 1 saturated heterocycles. The van der Waals surface area contributed by atoms with Crippen molar-refractivity contribution in [1.82, 2.24) is 4.90 Å². The van der Waals surface area contributed by atoms with Crippen molar-refractivity contribution in [2.45, 2.75) is 38.3 Å². The first-order chi connectivity index (χ1) is 8.06. The van der Waals surface area contributed by atoms with Gasteiger partial charge in [-0.05, 0) is 25.8 Å². The van der Waals surface area contributed by atoms with E-state index < -0.39 is 0 Å². The van der Waals surface area contributed by atoms with E-state index in [9.17, 15) is 0 Å². The summed E-state index contributed by atoms with van der Waals surface area (Å²) in [5.74, 6) is 0.457. The number of ether oxygens (including phenoxy) is 2. The normalized spacial score (nSPS) is 24.5. The van der Waals surface area contributed by atoms with E-state index in [1.807, 2.05) is 0 Å². The van der Waals surface area contributed by atoms with E-state index in [0.717, 1.165) is 19.6 Å². The van der Waals surface area contributed by atoms with E-state index in [2.05, 4.69) is 25.8 Å². The third-order valence-corrected chi connectivity index (χ3v) is 4.08. The van der Waals surface area contributed by atoms with Crippen LogP contribution in [0.25, 0.3) is 0 Å². The maximum Gasteiger partial charge on any atom is 0.0702 e. The van der Waals surface area contributed by atoms with Gasteiger partial charge in [-0.15, -0.1) is 0 Å². The van der Waals surface area contributed by atoms with Gasteiger partial charge in [-0.1, -0.05) is 13.8 Å². The molecule has 1 heterocycles. The fourth-order valence-corrected chi connectivity index (χ4v) is 2.69. The van der Waals surface area contributed by atoms with Crippen LogP contribution < -0.4 is 5.73 Å². The zero-order chi connectivity index (χ0) is 12.9. The fraction of sp³-hybridized carbons (Fsp3) is 1.00. The van der Waals surface area contributed by atoms with Crippen LogP contribution in [0, 0.1) is 5.92 Å². The quantitative estimate of drug-likeness (QED) is 0.728. The molecule has 4 heteroatoms. The van der Waals surface area contributed by atoms with Crippen molar-refractivity contribution in [1.29, 1.82) is 0 Å². The minimum absolute atomic E-state index is 0.0826. The van der Waals surface area contributed by atoms with E-state index in [0.29, 0.717) is 25.2 Å². The van der Waals surface area contributed by atoms with E-state index in [-0.39, 0.29) is 5.54 Å². The average Bonchev–Trinajstić information content (AvgIpc) is 2.78. The Labute approximate surface area is 105 Å². The van der Waals surface area contributed by atoms with Crippen LogP contribution in [0.15, 0.2) is 0 Å². The largest absolute Gasteiger partial charge is 0.383 e. The smallest absolute Gasteiger partial charge is 0.0702 e. The van der Waals surface area contributed by atoms with Crippen LogP contribution in [0.3, 0.4) is 0 Å². The summed E-state index contributed by atoms with van der Waals surface area (Å²) in [6.45, 7) is 7.54. The highest BCUT2D eigenvalue weighted by Crippen LogP contribution is 2.25. The van der Waals surface area contributed by atoms with Crippen LogP contribution in [0.5, 0.6) is 0 Å². The Morgan fingerprint density at radius 1 is 1.53 bits per heavy atom. The lowest BCUT2D eigenvalue weighted by Gasteiger charge is -2.44. The van der Waals surface area contributed by atoms with Crippen molar-refractivity contribution in [3.05, 3.63) is 0 Å². The molecule has 17 heavy (non-hydrogen) atoms. The van der Waals surface area contributed by atoms with E-state index in [1.165, 1.54) is 6.42 Å². The highest BCUT2D eigenvalue weighted by Gasteiger charge is 2.38. The van der Waals surface area contributed by atoms with Gasteiger partial charge in [-0.3, -0.25) is 4.90 Å². The van der Waals surface area contributed by atoms with Crippen molar-refractivity contribution in [3.63, 3.8) is 0 Å². The molecule has 0 aromatic rings. The topological polar surface area (TPSA) is 47.7 Å². The molecule has 0 spiro atoms. The summed E-state index contributed by atoms with van der Waals surface area (Å²) in [4.78, 5) is 2.33. The second kappa shape index (κ2) is 6.69. The summed E-state index contributed by atoms with van der Waals surface area (Å²) < 4.78 is 11.1. The number of nitrogens with two attached hydrogens (primary N) is 1. The van der Waals surface area contributed by atoms with Crippen LogP contribution >= 0.6 is 0 Å². The van der Waals surface area contributed by atoms with Gasteiger partial charge in [0.15, 0.2) is 0 Å². The highest BCUT2D eigenvalue weighted by molar-refractivity contribution is 4.94. The number of methoxy groups -OCH3 is 1. The molecule has 4 nitrogen and oxygen atoms in total. The maximum atomic E-state index is 6.01. The van der Waals surface area contributed by atoms with Gasteiger partial charge >= 0.3 is 0 Å². The Bertz CT molecular complexity index is 217. The molecule has 0 radical (unpaired) electrons. The molecule has 2 atom stereocenters. The van der Waals surface area contributed by atoms with Crippen molar-refractivity contribution in [2.75, 3.05) is 40.5 Å². The van der Waals surface area contributed by atoms with Gasteiger partial charge in [0.1, 0.15) is 0 Å². The summed E-state index contributed by atoms with van der Waals surface area (Å²) in [5, 5.41) is 0. The van der Waals surface area contributed by atoms with Crippen LogP contribution in [-0.2, 0) is 9.47 Å². The lowest BCUT2D eigenvalue weighted by atomic mass is 9.85. The van der Waals surface area contributed by atoms with Crippen LogP contribution in [-0.4, -0.2) is 57.0 Å². The zero-order valence-electron chi connectivity index (χ0n) is 11.7. The minimum Gasteiger partial charge on any atom is -0.383 e. The lowest BCUT2D eigenvalue weighted by molar-refractivity contribution is -0.0268. The van der Waals surface area contributed by atoms with Crippen molar-refractivity contribution in [2.24, 2.45) is 11.7 Å². The Hall–Kier alpha value is -0.160. The molecule has 0 saturated carbocycles. The van der Waals surface area contributed by atoms with Crippen LogP contribution in [0.1, 0.15) is 26.7 Å². The first-order valence-electron chi connectivity index (χ1n) is 6.58. The third-order valence-electron chi connectivity index (χ3n) is 4.08. The van der Waals surface area contributed by atoms with Crippen LogP contribution in [0.4, 0.5) is 0 Å². The zero-order valence-corrected chi connectivity index (χ0v) is 11.7. The Morgan fingerprint density at radius 2 is 2.24 bits per heavy atom. The molecular formula is C13H28N2O2. The molecule has 0 aliphatic carbocycles. The molecular weight excluding hydrogens is 216 g/mol. The Balaban J connectivity index is 2.66. The minimum atomic E-state index is -0.0826. The van der Waals surface area contributed by atoms with E-state index >= 15 is 0 Å². The molecule has 1 rings (SSSR count). The van der Waals surface area contributed by atoms with Gasteiger partial charge < -0.3 is 15.2 Å². The van der Waals surface area contributed by atoms with Crippen molar-refractivity contribution < 1.29 is 9.47 Å². The first kappa shape index (κ1) is 14.9. The van der Waals surface area contributed by atoms with Crippen molar-refractivity contribution in [3.8, 4) is 0 Å². The number of nitrogens with zero attached hydrogens (tertiary/aromatic N) is 1. The van der Waals surface area contributed by atoms with E-state index in [1.54, 1.807) is 7.11 Å². The number of likely N-dealkylation sites (N-methyl/N-ethyl adjacent to an activating group) is 1.